The minimum absolute atomic E-state index is 0.172. The van der Waals surface area contributed by atoms with Gasteiger partial charge in [0.15, 0.2) is 0 Å². The Balaban J connectivity index is 1.96. The number of benzene rings is 2. The molecule has 0 N–H and O–H groups in total. The Morgan fingerprint density at radius 2 is 1.76 bits per heavy atom. The van der Waals surface area contributed by atoms with Crippen LogP contribution in [0.15, 0.2) is 54.6 Å². The normalized spacial score (nSPS) is 24.7. The molecule has 3 heteroatoms. The highest BCUT2D eigenvalue weighted by Gasteiger charge is 2.46. The highest BCUT2D eigenvalue weighted by Crippen LogP contribution is 2.46. The SMILES string of the molecule is COc1ccccc1[C@]1(C)C[C@H](c2ccccc2)C(=O)O1. The van der Waals surface area contributed by atoms with E-state index in [9.17, 15) is 4.79 Å². The number of esters is 1. The van der Waals surface area contributed by atoms with E-state index in [2.05, 4.69) is 0 Å². The second kappa shape index (κ2) is 5.24. The van der Waals surface area contributed by atoms with Crippen molar-refractivity contribution in [3.8, 4) is 5.75 Å². The number of para-hydroxylation sites is 1. The predicted molar refractivity (Wildman–Crippen MR) is 80.2 cm³/mol. The van der Waals surface area contributed by atoms with Gasteiger partial charge in [-0.1, -0.05) is 48.5 Å². The van der Waals surface area contributed by atoms with Crippen LogP contribution in [-0.2, 0) is 15.1 Å². The van der Waals surface area contributed by atoms with Gasteiger partial charge in [-0.3, -0.25) is 4.79 Å². The highest BCUT2D eigenvalue weighted by atomic mass is 16.6. The quantitative estimate of drug-likeness (QED) is 0.806. The molecule has 21 heavy (non-hydrogen) atoms. The molecule has 1 saturated heterocycles. The molecule has 0 radical (unpaired) electrons. The Morgan fingerprint density at radius 1 is 1.10 bits per heavy atom. The van der Waals surface area contributed by atoms with E-state index in [1.54, 1.807) is 7.11 Å². The third kappa shape index (κ3) is 2.40. The summed E-state index contributed by atoms with van der Waals surface area (Å²) < 4.78 is 11.1. The average molecular weight is 282 g/mol. The van der Waals surface area contributed by atoms with Crippen LogP contribution < -0.4 is 4.74 Å². The Hall–Kier alpha value is -2.29. The van der Waals surface area contributed by atoms with Gasteiger partial charge in [0, 0.05) is 12.0 Å². The third-order valence-electron chi connectivity index (χ3n) is 4.08. The smallest absolute Gasteiger partial charge is 0.314 e. The number of ether oxygens (including phenoxy) is 2. The summed E-state index contributed by atoms with van der Waals surface area (Å²) in [5, 5.41) is 0. The molecule has 1 fully saturated rings. The van der Waals surface area contributed by atoms with Crippen LogP contribution in [0.3, 0.4) is 0 Å². The van der Waals surface area contributed by atoms with E-state index in [-0.39, 0.29) is 11.9 Å². The Morgan fingerprint density at radius 3 is 2.48 bits per heavy atom. The number of carbonyl (C=O) groups is 1. The van der Waals surface area contributed by atoms with Crippen LogP contribution in [0.2, 0.25) is 0 Å². The monoisotopic (exact) mass is 282 g/mol. The Bertz CT molecular complexity index is 651. The first-order chi connectivity index (χ1) is 10.1. The van der Waals surface area contributed by atoms with Crippen LogP contribution in [0, 0.1) is 0 Å². The molecular weight excluding hydrogens is 264 g/mol. The minimum atomic E-state index is -0.649. The number of cyclic esters (lactones) is 1. The molecule has 2 atom stereocenters. The van der Waals surface area contributed by atoms with Crippen LogP contribution in [0.5, 0.6) is 5.75 Å². The van der Waals surface area contributed by atoms with E-state index in [4.69, 9.17) is 9.47 Å². The van der Waals surface area contributed by atoms with Crippen LogP contribution in [0.4, 0.5) is 0 Å². The fraction of sp³-hybridized carbons (Fsp3) is 0.278. The van der Waals surface area contributed by atoms with Gasteiger partial charge in [0.1, 0.15) is 11.4 Å². The lowest BCUT2D eigenvalue weighted by Gasteiger charge is -2.25. The zero-order valence-corrected chi connectivity index (χ0v) is 12.2. The maximum atomic E-state index is 12.3. The standard InChI is InChI=1S/C18H18O3/c1-18(15-10-6-7-11-16(15)20-2)12-14(17(19)21-18)13-8-4-3-5-9-13/h3-11,14H,12H2,1-2H3/t14-,18+/m1/s1. The maximum absolute atomic E-state index is 12.3. The van der Waals surface area contributed by atoms with Crippen molar-refractivity contribution >= 4 is 5.97 Å². The number of hydrogen-bond donors (Lipinski definition) is 0. The minimum Gasteiger partial charge on any atom is -0.496 e. The van der Waals surface area contributed by atoms with Crippen molar-refractivity contribution in [2.75, 3.05) is 7.11 Å². The van der Waals surface area contributed by atoms with E-state index in [1.807, 2.05) is 61.5 Å². The zero-order chi connectivity index (χ0) is 14.9. The molecule has 0 bridgehead atoms. The lowest BCUT2D eigenvalue weighted by atomic mass is 9.85. The molecule has 0 amide bonds. The molecule has 1 aliphatic heterocycles. The van der Waals surface area contributed by atoms with Gasteiger partial charge in [-0.2, -0.15) is 0 Å². The fourth-order valence-electron chi connectivity index (χ4n) is 2.99. The summed E-state index contributed by atoms with van der Waals surface area (Å²) in [6, 6.07) is 17.5. The Kier molecular flexibility index (Phi) is 3.42. The second-order valence-corrected chi connectivity index (χ2v) is 5.52. The third-order valence-corrected chi connectivity index (χ3v) is 4.08. The van der Waals surface area contributed by atoms with Crippen molar-refractivity contribution in [1.29, 1.82) is 0 Å². The first-order valence-electron chi connectivity index (χ1n) is 7.05. The van der Waals surface area contributed by atoms with Gasteiger partial charge in [0.25, 0.3) is 0 Å². The zero-order valence-electron chi connectivity index (χ0n) is 12.2. The van der Waals surface area contributed by atoms with Gasteiger partial charge in [-0.05, 0) is 18.6 Å². The van der Waals surface area contributed by atoms with Crippen LogP contribution in [-0.4, -0.2) is 13.1 Å². The number of carbonyl (C=O) groups excluding carboxylic acids is 1. The summed E-state index contributed by atoms with van der Waals surface area (Å²) in [5.41, 5.74) is 1.27. The van der Waals surface area contributed by atoms with Crippen LogP contribution in [0.1, 0.15) is 30.4 Å². The van der Waals surface area contributed by atoms with Gasteiger partial charge >= 0.3 is 5.97 Å². The largest absolute Gasteiger partial charge is 0.496 e. The van der Waals surface area contributed by atoms with Gasteiger partial charge in [-0.25, -0.2) is 0 Å². The summed E-state index contributed by atoms with van der Waals surface area (Å²) in [6.07, 6.45) is 0.621. The van der Waals surface area contributed by atoms with Crippen LogP contribution in [0.25, 0.3) is 0 Å². The lowest BCUT2D eigenvalue weighted by molar-refractivity contribution is -0.148. The van der Waals surface area contributed by atoms with Gasteiger partial charge in [0.2, 0.25) is 0 Å². The first kappa shape index (κ1) is 13.7. The highest BCUT2D eigenvalue weighted by molar-refractivity contribution is 5.81. The van der Waals surface area contributed by atoms with Crippen LogP contribution >= 0.6 is 0 Å². The predicted octanol–water partition coefficient (Wildman–Crippen LogP) is 3.64. The summed E-state index contributed by atoms with van der Waals surface area (Å²) in [7, 11) is 1.63. The van der Waals surface area contributed by atoms with Gasteiger partial charge < -0.3 is 9.47 Å². The van der Waals surface area contributed by atoms with Crippen molar-refractivity contribution in [1.82, 2.24) is 0 Å². The molecule has 0 spiro atoms. The molecule has 2 aromatic rings. The van der Waals surface area contributed by atoms with Crippen molar-refractivity contribution in [2.24, 2.45) is 0 Å². The molecule has 1 aliphatic rings. The lowest BCUT2D eigenvalue weighted by Crippen LogP contribution is -2.21. The first-order valence-corrected chi connectivity index (χ1v) is 7.05. The van der Waals surface area contributed by atoms with Crippen molar-refractivity contribution in [3.63, 3.8) is 0 Å². The number of hydrogen-bond acceptors (Lipinski definition) is 3. The molecule has 3 rings (SSSR count). The van der Waals surface area contributed by atoms with Crippen molar-refractivity contribution < 1.29 is 14.3 Å². The molecule has 3 nitrogen and oxygen atoms in total. The second-order valence-electron chi connectivity index (χ2n) is 5.52. The molecule has 0 aliphatic carbocycles. The van der Waals surface area contributed by atoms with Gasteiger partial charge in [0.05, 0.1) is 13.0 Å². The van der Waals surface area contributed by atoms with E-state index < -0.39 is 5.60 Å². The summed E-state index contributed by atoms with van der Waals surface area (Å²) in [5.74, 6) is 0.359. The topological polar surface area (TPSA) is 35.5 Å². The summed E-state index contributed by atoms with van der Waals surface area (Å²) in [4.78, 5) is 12.3. The molecule has 0 aromatic heterocycles. The molecular formula is C18H18O3. The summed E-state index contributed by atoms with van der Waals surface area (Å²) >= 11 is 0. The molecule has 2 aromatic carbocycles. The van der Waals surface area contributed by atoms with Gasteiger partial charge in [-0.15, -0.1) is 0 Å². The van der Waals surface area contributed by atoms with E-state index in [1.165, 1.54) is 0 Å². The number of rotatable bonds is 3. The molecule has 0 saturated carbocycles. The van der Waals surface area contributed by atoms with Crippen molar-refractivity contribution in [3.05, 3.63) is 65.7 Å². The number of methoxy groups -OCH3 is 1. The molecule has 0 unspecified atom stereocenters. The van der Waals surface area contributed by atoms with Crippen molar-refractivity contribution in [2.45, 2.75) is 24.9 Å². The fourth-order valence-corrected chi connectivity index (χ4v) is 2.99. The molecule has 1 heterocycles. The van der Waals surface area contributed by atoms with E-state index in [0.29, 0.717) is 6.42 Å². The molecule has 108 valence electrons. The van der Waals surface area contributed by atoms with E-state index in [0.717, 1.165) is 16.9 Å². The summed E-state index contributed by atoms with van der Waals surface area (Å²) in [6.45, 7) is 1.95. The average Bonchev–Trinajstić information content (AvgIpc) is 2.84. The Labute approximate surface area is 124 Å². The van der Waals surface area contributed by atoms with E-state index >= 15 is 0 Å². The maximum Gasteiger partial charge on any atom is 0.314 e.